The van der Waals surface area contributed by atoms with Crippen molar-refractivity contribution in [1.29, 1.82) is 0 Å². The van der Waals surface area contributed by atoms with E-state index in [-0.39, 0.29) is 42.4 Å². The Morgan fingerprint density at radius 2 is 1.74 bits per heavy atom. The van der Waals surface area contributed by atoms with Crippen LogP contribution < -0.4 is 26.0 Å². The number of carbonyl (C=O) groups excluding carboxylic acids is 5. The molecule has 1 aromatic rings. The highest BCUT2D eigenvalue weighted by molar-refractivity contribution is 5.93. The number of aryl methyl sites for hydroxylation is 1. The highest BCUT2D eigenvalue weighted by atomic mass is 16.5. The lowest BCUT2D eigenvalue weighted by Gasteiger charge is -2.28. The molecule has 0 aliphatic carbocycles. The third kappa shape index (κ3) is 10.7. The summed E-state index contributed by atoms with van der Waals surface area (Å²) in [6, 6.07) is 4.88. The normalized spacial score (nSPS) is 17.5. The van der Waals surface area contributed by atoms with E-state index in [9.17, 15) is 24.0 Å². The second-order valence-electron chi connectivity index (χ2n) is 10.9. The average molecular weight is 545 g/mol. The fraction of sp³-hybridized carbons (Fsp3) is 0.621. The van der Waals surface area contributed by atoms with Crippen molar-refractivity contribution in [3.63, 3.8) is 0 Å². The number of rotatable bonds is 15. The van der Waals surface area contributed by atoms with Crippen LogP contribution >= 0.6 is 0 Å². The number of hydrogen-bond acceptors (Lipinski definition) is 6. The molecule has 4 atom stereocenters. The Labute approximate surface area is 231 Å². The van der Waals surface area contributed by atoms with Crippen molar-refractivity contribution in [2.45, 2.75) is 84.3 Å². The Morgan fingerprint density at radius 1 is 1.05 bits per heavy atom. The first-order chi connectivity index (χ1) is 18.5. The molecule has 1 saturated heterocycles. The Balaban J connectivity index is 1.99. The van der Waals surface area contributed by atoms with Crippen molar-refractivity contribution in [2.24, 2.45) is 17.8 Å². The summed E-state index contributed by atoms with van der Waals surface area (Å²) in [6.07, 6.45) is 3.39. The van der Waals surface area contributed by atoms with E-state index in [1.54, 1.807) is 7.11 Å². The Morgan fingerprint density at radius 3 is 2.31 bits per heavy atom. The van der Waals surface area contributed by atoms with Crippen molar-refractivity contribution in [2.75, 3.05) is 13.7 Å². The lowest BCUT2D eigenvalue weighted by Crippen LogP contribution is -2.57. The molecule has 216 valence electrons. The zero-order chi connectivity index (χ0) is 28.9. The summed E-state index contributed by atoms with van der Waals surface area (Å²) in [6.45, 7) is 8.12. The van der Waals surface area contributed by atoms with E-state index in [0.29, 0.717) is 32.1 Å². The molecule has 10 nitrogen and oxygen atoms in total. The van der Waals surface area contributed by atoms with E-state index < -0.39 is 29.9 Å². The average Bonchev–Trinajstić information content (AvgIpc) is 2.90. The van der Waals surface area contributed by atoms with Gasteiger partial charge in [0.05, 0.1) is 13.2 Å². The SMILES string of the molecule is COc1ccc(CCC(=O)N[C@H](C(=O)N[C@@H](CC(C)C)C(=O)N[C@H](C=O)C[C@@H]2CCCNC2=O)C(C)C)cc1. The summed E-state index contributed by atoms with van der Waals surface area (Å²) in [5.74, 6) is -1.07. The van der Waals surface area contributed by atoms with E-state index in [0.717, 1.165) is 17.7 Å². The first-order valence-corrected chi connectivity index (χ1v) is 13.8. The molecule has 1 aromatic carbocycles. The summed E-state index contributed by atoms with van der Waals surface area (Å²) in [7, 11) is 1.59. The number of nitrogens with one attached hydrogen (secondary N) is 4. The fourth-order valence-electron chi connectivity index (χ4n) is 4.59. The van der Waals surface area contributed by atoms with Crippen LogP contribution in [0.25, 0.3) is 0 Å². The van der Waals surface area contributed by atoms with Gasteiger partial charge in [-0.25, -0.2) is 0 Å². The molecule has 39 heavy (non-hydrogen) atoms. The van der Waals surface area contributed by atoms with E-state index in [1.807, 2.05) is 52.0 Å². The quantitative estimate of drug-likeness (QED) is 0.249. The Kier molecular flexibility index (Phi) is 12.9. The number of amides is 4. The fourth-order valence-corrected chi connectivity index (χ4v) is 4.59. The summed E-state index contributed by atoms with van der Waals surface area (Å²) in [5, 5.41) is 11.1. The number of hydrogen-bond donors (Lipinski definition) is 4. The second kappa shape index (κ2) is 15.9. The largest absolute Gasteiger partial charge is 0.497 e. The maximum absolute atomic E-state index is 13.2. The molecule has 1 aliphatic heterocycles. The molecule has 0 unspecified atom stereocenters. The van der Waals surface area contributed by atoms with Gasteiger partial charge in [-0.15, -0.1) is 0 Å². The predicted octanol–water partition coefficient (Wildman–Crippen LogP) is 1.90. The zero-order valence-corrected chi connectivity index (χ0v) is 23.8. The van der Waals surface area contributed by atoms with Crippen LogP contribution in [0.4, 0.5) is 0 Å². The van der Waals surface area contributed by atoms with Crippen LogP contribution in [0.2, 0.25) is 0 Å². The van der Waals surface area contributed by atoms with Gasteiger partial charge in [-0.3, -0.25) is 19.2 Å². The Bertz CT molecular complexity index is 978. The van der Waals surface area contributed by atoms with Gasteiger partial charge >= 0.3 is 0 Å². The molecule has 2 rings (SSSR count). The molecule has 0 saturated carbocycles. The third-order valence-electron chi connectivity index (χ3n) is 6.84. The predicted molar refractivity (Wildman–Crippen MR) is 148 cm³/mol. The number of benzene rings is 1. The molecular formula is C29H44N4O6. The summed E-state index contributed by atoms with van der Waals surface area (Å²) < 4.78 is 5.15. The zero-order valence-electron chi connectivity index (χ0n) is 23.8. The van der Waals surface area contributed by atoms with E-state index in [1.165, 1.54) is 0 Å². The van der Waals surface area contributed by atoms with Crippen LogP contribution in [-0.2, 0) is 30.4 Å². The molecule has 1 heterocycles. The molecular weight excluding hydrogens is 500 g/mol. The number of aldehydes is 1. The summed E-state index contributed by atoms with van der Waals surface area (Å²) >= 11 is 0. The van der Waals surface area contributed by atoms with E-state index >= 15 is 0 Å². The van der Waals surface area contributed by atoms with Gasteiger partial charge in [-0.2, -0.15) is 0 Å². The first kappa shape index (κ1) is 31.8. The summed E-state index contributed by atoms with van der Waals surface area (Å²) in [5.41, 5.74) is 0.973. The smallest absolute Gasteiger partial charge is 0.243 e. The minimum atomic E-state index is -0.891. The highest BCUT2D eigenvalue weighted by Gasteiger charge is 2.31. The monoisotopic (exact) mass is 544 g/mol. The Hall–Kier alpha value is -3.43. The third-order valence-corrected chi connectivity index (χ3v) is 6.84. The molecule has 1 aliphatic rings. The lowest BCUT2D eigenvalue weighted by molar-refractivity contribution is -0.134. The van der Waals surface area contributed by atoms with Gasteiger partial charge in [-0.05, 0) is 61.6 Å². The number of piperidine rings is 1. The molecule has 0 aromatic heterocycles. The van der Waals surface area contributed by atoms with Crippen molar-refractivity contribution in [3.8, 4) is 5.75 Å². The molecule has 0 radical (unpaired) electrons. The maximum Gasteiger partial charge on any atom is 0.243 e. The van der Waals surface area contributed by atoms with Crippen LogP contribution in [0.15, 0.2) is 24.3 Å². The molecule has 10 heteroatoms. The van der Waals surface area contributed by atoms with Gasteiger partial charge in [0.15, 0.2) is 0 Å². The van der Waals surface area contributed by atoms with Gasteiger partial charge in [0.1, 0.15) is 24.1 Å². The van der Waals surface area contributed by atoms with E-state index in [4.69, 9.17) is 4.74 Å². The number of carbonyl (C=O) groups is 5. The second-order valence-corrected chi connectivity index (χ2v) is 10.9. The van der Waals surface area contributed by atoms with Gasteiger partial charge in [0, 0.05) is 18.9 Å². The van der Waals surface area contributed by atoms with Gasteiger partial charge in [-0.1, -0.05) is 39.8 Å². The molecule has 0 spiro atoms. The van der Waals surface area contributed by atoms with Crippen molar-refractivity contribution in [1.82, 2.24) is 21.3 Å². The highest BCUT2D eigenvalue weighted by Crippen LogP contribution is 2.17. The van der Waals surface area contributed by atoms with Crippen LogP contribution in [0.1, 0.15) is 65.4 Å². The van der Waals surface area contributed by atoms with Crippen LogP contribution in [-0.4, -0.2) is 61.7 Å². The number of ether oxygens (including phenoxy) is 1. The molecule has 4 amide bonds. The molecule has 0 bridgehead atoms. The first-order valence-electron chi connectivity index (χ1n) is 13.8. The lowest BCUT2D eigenvalue weighted by atomic mass is 9.91. The standard InChI is InChI=1S/C29H44N4O6/c1-18(2)15-24(28(37)31-22(17-34)16-21-7-6-14-30-27(21)36)32-29(38)26(19(3)4)33-25(35)13-10-20-8-11-23(39-5)12-9-20/h8-9,11-12,17-19,21-22,24,26H,6-7,10,13-16H2,1-5H3,(H,30,36)(H,31,37)(H,32,38)(H,33,35)/t21-,22-,24-,26-/m0/s1. The molecule has 1 fully saturated rings. The van der Waals surface area contributed by atoms with Gasteiger partial charge < -0.3 is 30.8 Å². The van der Waals surface area contributed by atoms with Crippen LogP contribution in [0.3, 0.4) is 0 Å². The van der Waals surface area contributed by atoms with E-state index in [2.05, 4.69) is 21.3 Å². The van der Waals surface area contributed by atoms with Gasteiger partial charge in [0.25, 0.3) is 0 Å². The van der Waals surface area contributed by atoms with Crippen molar-refractivity contribution < 1.29 is 28.7 Å². The van der Waals surface area contributed by atoms with Crippen LogP contribution in [0.5, 0.6) is 5.75 Å². The minimum absolute atomic E-state index is 0.0800. The topological polar surface area (TPSA) is 143 Å². The maximum atomic E-state index is 13.2. The van der Waals surface area contributed by atoms with Crippen molar-refractivity contribution >= 4 is 29.9 Å². The molecule has 4 N–H and O–H groups in total. The summed E-state index contributed by atoms with van der Waals surface area (Å²) in [4.78, 5) is 62.9. The van der Waals surface area contributed by atoms with Crippen molar-refractivity contribution in [3.05, 3.63) is 29.8 Å². The minimum Gasteiger partial charge on any atom is -0.497 e. The number of methoxy groups -OCH3 is 1. The van der Waals surface area contributed by atoms with Gasteiger partial charge in [0.2, 0.25) is 23.6 Å². The van der Waals surface area contributed by atoms with Crippen LogP contribution in [0, 0.1) is 17.8 Å².